The number of hydrogen-bond donors (Lipinski definition) is 1. The van der Waals surface area contributed by atoms with E-state index in [1.54, 1.807) is 26.4 Å². The fourth-order valence-corrected chi connectivity index (χ4v) is 3.60. The van der Waals surface area contributed by atoms with E-state index < -0.39 is 5.97 Å². The van der Waals surface area contributed by atoms with Gasteiger partial charge in [-0.15, -0.1) is 11.3 Å². The summed E-state index contributed by atoms with van der Waals surface area (Å²) in [7, 11) is 3.10. The average molecular weight is 338 g/mol. The monoisotopic (exact) mass is 338 g/mol. The number of aromatic carboxylic acids is 1. The van der Waals surface area contributed by atoms with E-state index >= 15 is 0 Å². The van der Waals surface area contributed by atoms with E-state index in [-0.39, 0.29) is 11.0 Å². The Balaban J connectivity index is 2.08. The summed E-state index contributed by atoms with van der Waals surface area (Å²) in [4.78, 5) is 11.8. The minimum absolute atomic E-state index is 0.0345. The van der Waals surface area contributed by atoms with Crippen molar-refractivity contribution in [2.45, 2.75) is 18.9 Å². The molecule has 1 aromatic carbocycles. The van der Waals surface area contributed by atoms with Crippen molar-refractivity contribution in [3.8, 4) is 17.2 Å². The van der Waals surface area contributed by atoms with Crippen LogP contribution in [0.4, 0.5) is 0 Å². The number of carboxylic acid groups (broad SMARTS) is 1. The van der Waals surface area contributed by atoms with Gasteiger partial charge in [-0.2, -0.15) is 0 Å². The molecule has 1 fully saturated rings. The number of hydrogen-bond acceptors (Lipinski definition) is 6. The second kappa shape index (κ2) is 6.64. The molecule has 2 aromatic rings. The first-order valence-electron chi connectivity index (χ1n) is 7.30. The summed E-state index contributed by atoms with van der Waals surface area (Å²) in [5.41, 5.74) is 0. The van der Waals surface area contributed by atoms with Gasteiger partial charge in [-0.25, -0.2) is 4.79 Å². The van der Waals surface area contributed by atoms with Crippen molar-refractivity contribution in [1.29, 1.82) is 0 Å². The third-order valence-corrected chi connectivity index (χ3v) is 4.92. The van der Waals surface area contributed by atoms with Gasteiger partial charge in [0.05, 0.1) is 27.4 Å². The molecule has 23 heavy (non-hydrogen) atoms. The van der Waals surface area contributed by atoms with Crippen LogP contribution in [0.5, 0.6) is 17.2 Å². The standard InChI is InChI=1S/C16H18O6S/c1-19-11-7-10-13(8-12(11)20-2)23-15(16(17)18)14(10)22-9-3-5-21-6-4-9/h7-9H,3-6H2,1-2H3,(H,17,18). The van der Waals surface area contributed by atoms with Crippen LogP contribution in [-0.4, -0.2) is 44.6 Å². The van der Waals surface area contributed by atoms with E-state index in [0.717, 1.165) is 22.9 Å². The van der Waals surface area contributed by atoms with Crippen molar-refractivity contribution in [2.75, 3.05) is 27.4 Å². The van der Waals surface area contributed by atoms with Crippen LogP contribution < -0.4 is 14.2 Å². The minimum atomic E-state index is -0.994. The van der Waals surface area contributed by atoms with Gasteiger partial charge in [0, 0.05) is 29.0 Å². The lowest BCUT2D eigenvalue weighted by molar-refractivity contribution is 0.0257. The first kappa shape index (κ1) is 15.9. The summed E-state index contributed by atoms with van der Waals surface area (Å²) in [6.45, 7) is 1.26. The lowest BCUT2D eigenvalue weighted by Gasteiger charge is -2.23. The van der Waals surface area contributed by atoms with Crippen LogP contribution >= 0.6 is 11.3 Å². The van der Waals surface area contributed by atoms with Crippen molar-refractivity contribution in [3.05, 3.63) is 17.0 Å². The zero-order valence-electron chi connectivity index (χ0n) is 13.0. The molecule has 2 heterocycles. The zero-order valence-corrected chi connectivity index (χ0v) is 13.8. The highest BCUT2D eigenvalue weighted by Gasteiger charge is 2.25. The van der Waals surface area contributed by atoms with Gasteiger partial charge in [0.15, 0.2) is 22.1 Å². The number of fused-ring (bicyclic) bond motifs is 1. The second-order valence-electron chi connectivity index (χ2n) is 5.20. The number of carbonyl (C=O) groups is 1. The maximum atomic E-state index is 11.6. The molecule has 3 rings (SSSR count). The van der Waals surface area contributed by atoms with Crippen LogP contribution in [0.1, 0.15) is 22.5 Å². The molecule has 1 aliphatic heterocycles. The minimum Gasteiger partial charge on any atom is -0.493 e. The van der Waals surface area contributed by atoms with E-state index in [2.05, 4.69) is 0 Å². The summed E-state index contributed by atoms with van der Waals surface area (Å²) >= 11 is 1.18. The molecule has 6 nitrogen and oxygen atoms in total. The molecule has 1 saturated heterocycles. The second-order valence-corrected chi connectivity index (χ2v) is 6.25. The molecule has 0 unspecified atom stereocenters. The highest BCUT2D eigenvalue weighted by molar-refractivity contribution is 7.21. The maximum Gasteiger partial charge on any atom is 0.349 e. The molecular weight excluding hydrogens is 320 g/mol. The van der Waals surface area contributed by atoms with Gasteiger partial charge in [-0.05, 0) is 6.07 Å². The van der Waals surface area contributed by atoms with E-state index in [1.807, 2.05) is 0 Å². The summed E-state index contributed by atoms with van der Waals surface area (Å²) in [6, 6.07) is 3.55. The topological polar surface area (TPSA) is 74.2 Å². The number of carboxylic acids is 1. The Morgan fingerprint density at radius 2 is 1.87 bits per heavy atom. The number of rotatable bonds is 5. The Labute approximate surface area is 137 Å². The summed E-state index contributed by atoms with van der Waals surface area (Å²) < 4.78 is 22.7. The van der Waals surface area contributed by atoms with E-state index in [1.165, 1.54) is 11.3 Å². The SMILES string of the molecule is COc1cc2sc(C(=O)O)c(OC3CCOCC3)c2cc1OC. The molecule has 7 heteroatoms. The van der Waals surface area contributed by atoms with Gasteiger partial charge in [-0.3, -0.25) is 0 Å². The average Bonchev–Trinajstić information content (AvgIpc) is 2.92. The predicted octanol–water partition coefficient (Wildman–Crippen LogP) is 3.17. The van der Waals surface area contributed by atoms with Gasteiger partial charge in [0.25, 0.3) is 0 Å². The molecule has 1 N–H and O–H groups in total. The molecule has 0 atom stereocenters. The highest BCUT2D eigenvalue weighted by Crippen LogP contribution is 2.44. The molecule has 1 aliphatic rings. The Bertz CT molecular complexity index is 717. The number of thiophene rings is 1. The number of benzene rings is 1. The molecule has 0 amide bonds. The van der Waals surface area contributed by atoms with E-state index in [0.29, 0.717) is 30.5 Å². The van der Waals surface area contributed by atoms with E-state index in [9.17, 15) is 9.90 Å². The first-order valence-corrected chi connectivity index (χ1v) is 8.12. The van der Waals surface area contributed by atoms with Gasteiger partial charge in [-0.1, -0.05) is 0 Å². The number of methoxy groups -OCH3 is 2. The van der Waals surface area contributed by atoms with Crippen LogP contribution in [0.25, 0.3) is 10.1 Å². The largest absolute Gasteiger partial charge is 0.493 e. The third-order valence-electron chi connectivity index (χ3n) is 3.80. The normalized spacial score (nSPS) is 15.6. The molecule has 0 bridgehead atoms. The van der Waals surface area contributed by atoms with Crippen LogP contribution in [-0.2, 0) is 4.74 Å². The molecule has 0 saturated carbocycles. The molecular formula is C16H18O6S. The van der Waals surface area contributed by atoms with Gasteiger partial charge < -0.3 is 24.1 Å². The summed E-state index contributed by atoms with van der Waals surface area (Å²) in [6.07, 6.45) is 1.47. The lowest BCUT2D eigenvalue weighted by Crippen LogP contribution is -2.26. The van der Waals surface area contributed by atoms with Crippen molar-refractivity contribution < 1.29 is 28.8 Å². The predicted molar refractivity (Wildman–Crippen MR) is 86.4 cm³/mol. The van der Waals surface area contributed by atoms with Crippen molar-refractivity contribution in [3.63, 3.8) is 0 Å². The van der Waals surface area contributed by atoms with Crippen LogP contribution in [0.15, 0.2) is 12.1 Å². The Morgan fingerprint density at radius 1 is 1.22 bits per heavy atom. The third kappa shape index (κ3) is 3.07. The zero-order chi connectivity index (χ0) is 16.4. The van der Waals surface area contributed by atoms with Gasteiger partial charge >= 0.3 is 5.97 Å². The van der Waals surface area contributed by atoms with Crippen molar-refractivity contribution in [2.24, 2.45) is 0 Å². The Morgan fingerprint density at radius 3 is 2.48 bits per heavy atom. The molecule has 124 valence electrons. The Hall–Kier alpha value is -1.99. The fourth-order valence-electron chi connectivity index (χ4n) is 2.62. The fraction of sp³-hybridized carbons (Fsp3) is 0.438. The molecule has 0 aliphatic carbocycles. The molecule has 1 aromatic heterocycles. The maximum absolute atomic E-state index is 11.6. The van der Waals surface area contributed by atoms with Gasteiger partial charge in [0.2, 0.25) is 0 Å². The number of ether oxygens (including phenoxy) is 4. The van der Waals surface area contributed by atoms with E-state index in [4.69, 9.17) is 18.9 Å². The van der Waals surface area contributed by atoms with Crippen molar-refractivity contribution in [1.82, 2.24) is 0 Å². The molecule has 0 radical (unpaired) electrons. The lowest BCUT2D eigenvalue weighted by atomic mass is 10.1. The van der Waals surface area contributed by atoms with Crippen molar-refractivity contribution >= 4 is 27.4 Å². The molecule has 0 spiro atoms. The summed E-state index contributed by atoms with van der Waals surface area (Å²) in [5.74, 6) is 0.527. The quantitative estimate of drug-likeness (QED) is 0.902. The smallest absolute Gasteiger partial charge is 0.349 e. The van der Waals surface area contributed by atoms with Crippen LogP contribution in [0.3, 0.4) is 0 Å². The Kier molecular flexibility index (Phi) is 4.58. The van der Waals surface area contributed by atoms with Crippen LogP contribution in [0, 0.1) is 0 Å². The van der Waals surface area contributed by atoms with Crippen LogP contribution in [0.2, 0.25) is 0 Å². The van der Waals surface area contributed by atoms with Gasteiger partial charge in [0.1, 0.15) is 6.10 Å². The summed E-state index contributed by atoms with van der Waals surface area (Å²) in [5, 5.41) is 10.2. The first-order chi connectivity index (χ1) is 11.1. The highest BCUT2D eigenvalue weighted by atomic mass is 32.1.